The molecule has 0 atom stereocenters. The lowest BCUT2D eigenvalue weighted by molar-refractivity contribution is 0.0951. The standard InChI is InChI=1S/C26H27N3O2S/c1-4-23-12-13-25(32-23)26(30)27-16-22-15-24(28-31-22)21-7-5-6-20(14-21)19-10-8-18(9-11-19)17-29(2)3/h5-15H,4,16-17H2,1-3H3,(H,27,30). The number of carbonyl (C=O) groups is 1. The van der Waals surface area contributed by atoms with Crippen LogP contribution in [0.1, 0.15) is 32.8 Å². The van der Waals surface area contributed by atoms with Gasteiger partial charge in [-0.25, -0.2) is 0 Å². The Balaban J connectivity index is 1.43. The van der Waals surface area contributed by atoms with Crippen LogP contribution in [0.5, 0.6) is 0 Å². The monoisotopic (exact) mass is 445 g/mol. The van der Waals surface area contributed by atoms with E-state index in [9.17, 15) is 4.79 Å². The Hall–Kier alpha value is -3.22. The molecule has 0 saturated heterocycles. The van der Waals surface area contributed by atoms with E-state index < -0.39 is 0 Å². The predicted molar refractivity (Wildman–Crippen MR) is 130 cm³/mol. The lowest BCUT2D eigenvalue weighted by atomic mass is 10.0. The van der Waals surface area contributed by atoms with Crippen LogP contribution >= 0.6 is 11.3 Å². The van der Waals surface area contributed by atoms with Crippen molar-refractivity contribution >= 4 is 17.2 Å². The van der Waals surface area contributed by atoms with Crippen molar-refractivity contribution in [3.8, 4) is 22.4 Å². The summed E-state index contributed by atoms with van der Waals surface area (Å²) in [4.78, 5) is 16.4. The van der Waals surface area contributed by atoms with Gasteiger partial charge in [0.25, 0.3) is 5.91 Å². The molecule has 1 amide bonds. The largest absolute Gasteiger partial charge is 0.359 e. The Morgan fingerprint density at radius 1 is 1.00 bits per heavy atom. The fourth-order valence-electron chi connectivity index (χ4n) is 3.50. The number of carbonyl (C=O) groups excluding carboxylic acids is 1. The van der Waals surface area contributed by atoms with Gasteiger partial charge >= 0.3 is 0 Å². The summed E-state index contributed by atoms with van der Waals surface area (Å²) in [7, 11) is 4.14. The van der Waals surface area contributed by atoms with Crippen molar-refractivity contribution in [2.75, 3.05) is 14.1 Å². The molecular formula is C26H27N3O2S. The molecule has 0 aliphatic carbocycles. The molecular weight excluding hydrogens is 418 g/mol. The summed E-state index contributed by atoms with van der Waals surface area (Å²) in [6.07, 6.45) is 0.933. The van der Waals surface area contributed by atoms with Gasteiger partial charge in [-0.2, -0.15) is 0 Å². The number of aryl methyl sites for hydroxylation is 1. The maximum absolute atomic E-state index is 12.3. The van der Waals surface area contributed by atoms with E-state index in [2.05, 4.69) is 72.8 Å². The minimum absolute atomic E-state index is 0.0904. The van der Waals surface area contributed by atoms with Crippen LogP contribution in [0.2, 0.25) is 0 Å². The average molecular weight is 446 g/mol. The molecule has 0 saturated carbocycles. The quantitative estimate of drug-likeness (QED) is 0.382. The Bertz CT molecular complexity index is 1190. The van der Waals surface area contributed by atoms with Crippen molar-refractivity contribution < 1.29 is 9.32 Å². The molecule has 0 unspecified atom stereocenters. The minimum atomic E-state index is -0.0904. The number of nitrogens with one attached hydrogen (secondary N) is 1. The van der Waals surface area contributed by atoms with Crippen molar-refractivity contribution in [3.05, 3.63) is 87.8 Å². The topological polar surface area (TPSA) is 58.4 Å². The average Bonchev–Trinajstić information content (AvgIpc) is 3.47. The molecule has 32 heavy (non-hydrogen) atoms. The first kappa shape index (κ1) is 22.0. The Labute approximate surface area is 192 Å². The molecule has 1 N–H and O–H groups in total. The van der Waals surface area contributed by atoms with E-state index >= 15 is 0 Å². The molecule has 2 heterocycles. The van der Waals surface area contributed by atoms with Gasteiger partial charge in [-0.15, -0.1) is 11.3 Å². The van der Waals surface area contributed by atoms with Crippen molar-refractivity contribution in [1.82, 2.24) is 15.4 Å². The van der Waals surface area contributed by atoms with E-state index in [0.29, 0.717) is 17.2 Å². The highest BCUT2D eigenvalue weighted by atomic mass is 32.1. The fourth-order valence-corrected chi connectivity index (χ4v) is 4.37. The van der Waals surface area contributed by atoms with E-state index in [0.717, 1.165) is 35.3 Å². The van der Waals surface area contributed by atoms with Crippen molar-refractivity contribution in [2.45, 2.75) is 26.4 Å². The maximum atomic E-state index is 12.3. The number of thiophene rings is 1. The number of benzene rings is 2. The highest BCUT2D eigenvalue weighted by Crippen LogP contribution is 2.27. The van der Waals surface area contributed by atoms with Crippen LogP contribution in [0.4, 0.5) is 0 Å². The summed E-state index contributed by atoms with van der Waals surface area (Å²) >= 11 is 1.52. The molecule has 2 aromatic heterocycles. The Morgan fingerprint density at radius 3 is 2.50 bits per heavy atom. The summed E-state index contributed by atoms with van der Waals surface area (Å²) in [6.45, 7) is 3.31. The van der Waals surface area contributed by atoms with Crippen LogP contribution in [-0.4, -0.2) is 30.1 Å². The Morgan fingerprint density at radius 2 is 1.78 bits per heavy atom. The highest BCUT2D eigenvalue weighted by molar-refractivity contribution is 7.14. The zero-order valence-electron chi connectivity index (χ0n) is 18.6. The SMILES string of the molecule is CCc1ccc(C(=O)NCc2cc(-c3cccc(-c4ccc(CN(C)C)cc4)c3)no2)s1. The molecule has 6 heteroatoms. The lowest BCUT2D eigenvalue weighted by Gasteiger charge is -2.10. The molecule has 164 valence electrons. The van der Waals surface area contributed by atoms with Crippen molar-refractivity contribution in [1.29, 1.82) is 0 Å². The van der Waals surface area contributed by atoms with E-state index in [1.807, 2.05) is 30.3 Å². The first-order valence-corrected chi connectivity index (χ1v) is 11.5. The van der Waals surface area contributed by atoms with E-state index in [4.69, 9.17) is 4.52 Å². The van der Waals surface area contributed by atoms with Gasteiger partial charge in [0.2, 0.25) is 0 Å². The van der Waals surface area contributed by atoms with Crippen LogP contribution < -0.4 is 5.32 Å². The summed E-state index contributed by atoms with van der Waals surface area (Å²) in [5.41, 5.74) is 5.30. The molecule has 4 rings (SSSR count). The predicted octanol–water partition coefficient (Wildman–Crippen LogP) is 5.62. The molecule has 2 aromatic carbocycles. The molecule has 0 aliphatic heterocycles. The summed E-state index contributed by atoms with van der Waals surface area (Å²) in [5, 5.41) is 7.11. The minimum Gasteiger partial charge on any atom is -0.359 e. The van der Waals surface area contributed by atoms with Gasteiger partial charge in [0, 0.05) is 23.1 Å². The third-order valence-electron chi connectivity index (χ3n) is 5.16. The first-order valence-electron chi connectivity index (χ1n) is 10.7. The molecule has 4 aromatic rings. The molecule has 0 spiro atoms. The van der Waals surface area contributed by atoms with Crippen LogP contribution in [0.3, 0.4) is 0 Å². The maximum Gasteiger partial charge on any atom is 0.261 e. The molecule has 5 nitrogen and oxygen atoms in total. The van der Waals surface area contributed by atoms with Gasteiger partial charge in [-0.1, -0.05) is 54.5 Å². The summed E-state index contributed by atoms with van der Waals surface area (Å²) < 4.78 is 5.46. The zero-order valence-corrected chi connectivity index (χ0v) is 19.4. The van der Waals surface area contributed by atoms with Gasteiger partial charge < -0.3 is 14.7 Å². The second-order valence-electron chi connectivity index (χ2n) is 8.00. The van der Waals surface area contributed by atoms with E-state index in [-0.39, 0.29) is 5.91 Å². The van der Waals surface area contributed by atoms with Crippen LogP contribution in [-0.2, 0) is 19.5 Å². The highest BCUT2D eigenvalue weighted by Gasteiger charge is 2.12. The normalized spacial score (nSPS) is 11.1. The molecule has 0 aliphatic rings. The van der Waals surface area contributed by atoms with E-state index in [1.165, 1.54) is 21.8 Å². The zero-order chi connectivity index (χ0) is 22.5. The van der Waals surface area contributed by atoms with Crippen LogP contribution in [0, 0.1) is 0 Å². The number of hydrogen-bond acceptors (Lipinski definition) is 5. The number of rotatable bonds is 8. The summed E-state index contributed by atoms with van der Waals surface area (Å²) in [5.74, 6) is 0.534. The van der Waals surface area contributed by atoms with Crippen molar-refractivity contribution in [2.24, 2.45) is 0 Å². The number of nitrogens with zero attached hydrogens (tertiary/aromatic N) is 2. The lowest BCUT2D eigenvalue weighted by Crippen LogP contribution is -2.21. The third-order valence-corrected chi connectivity index (χ3v) is 6.39. The second-order valence-corrected chi connectivity index (χ2v) is 9.16. The number of hydrogen-bond donors (Lipinski definition) is 1. The second kappa shape index (κ2) is 9.94. The van der Waals surface area contributed by atoms with Gasteiger partial charge in [0.15, 0.2) is 5.76 Å². The van der Waals surface area contributed by atoms with E-state index in [1.54, 1.807) is 0 Å². The molecule has 0 fully saturated rings. The Kier molecular flexibility index (Phi) is 6.83. The van der Waals surface area contributed by atoms with Gasteiger partial charge in [-0.3, -0.25) is 4.79 Å². The van der Waals surface area contributed by atoms with Crippen LogP contribution in [0.25, 0.3) is 22.4 Å². The fraction of sp³-hybridized carbons (Fsp3) is 0.231. The van der Waals surface area contributed by atoms with Gasteiger partial charge in [0.05, 0.1) is 11.4 Å². The third kappa shape index (κ3) is 5.33. The molecule has 0 bridgehead atoms. The van der Waals surface area contributed by atoms with Crippen molar-refractivity contribution in [3.63, 3.8) is 0 Å². The van der Waals surface area contributed by atoms with Gasteiger partial charge in [0.1, 0.15) is 5.69 Å². The number of aromatic nitrogens is 1. The van der Waals surface area contributed by atoms with Crippen LogP contribution in [0.15, 0.2) is 71.3 Å². The number of amides is 1. The van der Waals surface area contributed by atoms with Gasteiger partial charge in [-0.05, 0) is 55.4 Å². The first-order chi connectivity index (χ1) is 15.5. The summed E-state index contributed by atoms with van der Waals surface area (Å²) in [6, 6.07) is 22.6. The smallest absolute Gasteiger partial charge is 0.261 e. The molecule has 0 radical (unpaired) electrons.